The molecule has 0 aliphatic rings. The van der Waals surface area contributed by atoms with Gasteiger partial charge in [0, 0.05) is 34.2 Å². The number of thiophene rings is 1. The van der Waals surface area contributed by atoms with Gasteiger partial charge in [0.1, 0.15) is 11.4 Å². The Hall–Kier alpha value is -3.05. The van der Waals surface area contributed by atoms with Crippen molar-refractivity contribution in [1.29, 1.82) is 0 Å². The molecule has 11 heteroatoms. The molecule has 0 saturated heterocycles. The number of rotatable bonds is 8. The lowest BCUT2D eigenvalue weighted by atomic mass is 10.0. The predicted octanol–water partition coefficient (Wildman–Crippen LogP) is 4.76. The van der Waals surface area contributed by atoms with Crippen LogP contribution in [0.3, 0.4) is 0 Å². The average molecular weight is 545 g/mol. The zero-order chi connectivity index (χ0) is 26.0. The maximum atomic E-state index is 13.3. The number of carbonyl (C=O) groups excluding carboxylic acids is 1. The number of carbonyl (C=O) groups is 1. The molecule has 2 heterocycles. The zero-order valence-electron chi connectivity index (χ0n) is 20.0. The van der Waals surface area contributed by atoms with Gasteiger partial charge >= 0.3 is 0 Å². The summed E-state index contributed by atoms with van der Waals surface area (Å²) in [6.07, 6.45) is 1.37. The van der Waals surface area contributed by atoms with Crippen LogP contribution in [0, 0.1) is 6.92 Å². The Morgan fingerprint density at radius 2 is 1.72 bits per heavy atom. The number of aromatic nitrogens is 2. The fourth-order valence-electron chi connectivity index (χ4n) is 3.99. The van der Waals surface area contributed by atoms with Crippen LogP contribution in [0.2, 0.25) is 5.02 Å². The van der Waals surface area contributed by atoms with Gasteiger partial charge in [0.25, 0.3) is 5.56 Å². The Morgan fingerprint density at radius 1 is 1.08 bits per heavy atom. The molecule has 2 aromatic heterocycles. The molecule has 0 unspecified atom stereocenters. The van der Waals surface area contributed by atoms with Crippen LogP contribution >= 0.6 is 22.9 Å². The highest BCUT2D eigenvalue weighted by Gasteiger charge is 2.21. The summed E-state index contributed by atoms with van der Waals surface area (Å²) in [7, 11) is -3.59. The van der Waals surface area contributed by atoms with E-state index in [1.54, 1.807) is 26.0 Å². The van der Waals surface area contributed by atoms with Gasteiger partial charge in [-0.15, -0.1) is 11.3 Å². The third-order valence-electron chi connectivity index (χ3n) is 5.78. The summed E-state index contributed by atoms with van der Waals surface area (Å²) in [5.74, 6) is -0.433. The molecule has 0 atom stereocenters. The van der Waals surface area contributed by atoms with Gasteiger partial charge in [-0.3, -0.25) is 14.2 Å². The van der Waals surface area contributed by atoms with Crippen LogP contribution in [0.5, 0.6) is 0 Å². The number of hydrogen-bond donors (Lipinski definition) is 1. The number of halogens is 1. The standard InChI is InChI=1S/C25H25ClN4O4S2/c1-4-30(5-2)36(33,34)20-12-10-19(11-13-20)28-21(31)14-29-15-27-24-23(25(29)32)22(16(3)35-24)17-6-8-18(26)9-7-17/h6-13,15H,4-5,14H2,1-3H3,(H,28,31). The van der Waals surface area contributed by atoms with Crippen LogP contribution in [0.25, 0.3) is 21.3 Å². The lowest BCUT2D eigenvalue weighted by Crippen LogP contribution is -2.30. The van der Waals surface area contributed by atoms with Crippen LogP contribution in [0.15, 0.2) is 64.5 Å². The lowest BCUT2D eigenvalue weighted by molar-refractivity contribution is -0.116. The monoisotopic (exact) mass is 544 g/mol. The summed E-state index contributed by atoms with van der Waals surface area (Å²) in [6.45, 7) is 5.98. The number of aryl methyl sites for hydroxylation is 1. The van der Waals surface area contributed by atoms with Crippen LogP contribution in [0.4, 0.5) is 5.69 Å². The van der Waals surface area contributed by atoms with E-state index in [9.17, 15) is 18.0 Å². The molecule has 4 aromatic rings. The quantitative estimate of drug-likeness (QED) is 0.345. The number of nitrogens with zero attached hydrogens (tertiary/aromatic N) is 3. The first-order chi connectivity index (χ1) is 17.1. The van der Waals surface area contributed by atoms with Gasteiger partial charge in [-0.25, -0.2) is 13.4 Å². The van der Waals surface area contributed by atoms with Crippen molar-refractivity contribution in [1.82, 2.24) is 13.9 Å². The normalized spacial score (nSPS) is 11.8. The number of nitrogens with one attached hydrogen (secondary N) is 1. The first kappa shape index (κ1) is 26.0. The van der Waals surface area contributed by atoms with Crippen molar-refractivity contribution in [3.8, 4) is 11.1 Å². The zero-order valence-corrected chi connectivity index (χ0v) is 22.4. The first-order valence-corrected chi connectivity index (χ1v) is 13.9. The first-order valence-electron chi connectivity index (χ1n) is 11.3. The molecule has 0 aliphatic heterocycles. The van der Waals surface area contributed by atoms with E-state index in [-0.39, 0.29) is 17.0 Å². The Bertz CT molecular complexity index is 1570. The molecule has 188 valence electrons. The van der Waals surface area contributed by atoms with E-state index in [1.807, 2.05) is 19.1 Å². The molecule has 0 radical (unpaired) electrons. The van der Waals surface area contributed by atoms with Gasteiger partial charge in [-0.1, -0.05) is 37.6 Å². The van der Waals surface area contributed by atoms with E-state index in [2.05, 4.69) is 10.3 Å². The fourth-order valence-corrected chi connectivity index (χ4v) is 6.58. The highest BCUT2D eigenvalue weighted by molar-refractivity contribution is 7.89. The molecule has 4 rings (SSSR count). The molecule has 0 spiro atoms. The van der Waals surface area contributed by atoms with Gasteiger partial charge in [-0.05, 0) is 48.9 Å². The van der Waals surface area contributed by atoms with Crippen LogP contribution in [-0.4, -0.2) is 41.3 Å². The van der Waals surface area contributed by atoms with Crippen molar-refractivity contribution in [2.75, 3.05) is 18.4 Å². The highest BCUT2D eigenvalue weighted by Crippen LogP contribution is 2.35. The second-order valence-electron chi connectivity index (χ2n) is 8.06. The molecular weight excluding hydrogens is 520 g/mol. The van der Waals surface area contributed by atoms with Crippen molar-refractivity contribution in [3.63, 3.8) is 0 Å². The van der Waals surface area contributed by atoms with Crippen molar-refractivity contribution >= 4 is 54.8 Å². The number of sulfonamides is 1. The molecule has 36 heavy (non-hydrogen) atoms. The number of hydrogen-bond acceptors (Lipinski definition) is 6. The van der Waals surface area contributed by atoms with Crippen molar-refractivity contribution in [2.45, 2.75) is 32.2 Å². The summed E-state index contributed by atoms with van der Waals surface area (Å²) in [5, 5.41) is 3.77. The minimum Gasteiger partial charge on any atom is -0.325 e. The second kappa shape index (κ2) is 10.5. The van der Waals surface area contributed by atoms with Crippen molar-refractivity contribution in [3.05, 3.63) is 75.1 Å². The van der Waals surface area contributed by atoms with E-state index in [0.29, 0.717) is 34.0 Å². The minimum atomic E-state index is -3.59. The average Bonchev–Trinajstić information content (AvgIpc) is 3.19. The van der Waals surface area contributed by atoms with E-state index < -0.39 is 15.9 Å². The Kier molecular flexibility index (Phi) is 7.60. The highest BCUT2D eigenvalue weighted by atomic mass is 35.5. The largest absolute Gasteiger partial charge is 0.325 e. The Morgan fingerprint density at radius 3 is 2.33 bits per heavy atom. The van der Waals surface area contributed by atoms with E-state index in [0.717, 1.165) is 16.0 Å². The lowest BCUT2D eigenvalue weighted by Gasteiger charge is -2.18. The molecule has 0 saturated carbocycles. The number of amides is 1. The smallest absolute Gasteiger partial charge is 0.263 e. The summed E-state index contributed by atoms with van der Waals surface area (Å²) >= 11 is 7.44. The van der Waals surface area contributed by atoms with Gasteiger partial charge < -0.3 is 5.32 Å². The summed E-state index contributed by atoms with van der Waals surface area (Å²) in [5.41, 5.74) is 1.74. The van der Waals surface area contributed by atoms with Gasteiger partial charge in [0.05, 0.1) is 16.6 Å². The molecule has 8 nitrogen and oxygen atoms in total. The number of benzene rings is 2. The maximum absolute atomic E-state index is 13.3. The van der Waals surface area contributed by atoms with Crippen molar-refractivity contribution < 1.29 is 13.2 Å². The molecule has 1 amide bonds. The minimum absolute atomic E-state index is 0.151. The number of fused-ring (bicyclic) bond motifs is 1. The summed E-state index contributed by atoms with van der Waals surface area (Å²) in [4.78, 5) is 32.1. The van der Waals surface area contributed by atoms with E-state index in [4.69, 9.17) is 11.6 Å². The SMILES string of the molecule is CCN(CC)S(=O)(=O)c1ccc(NC(=O)Cn2cnc3sc(C)c(-c4ccc(Cl)cc4)c3c2=O)cc1. The summed E-state index contributed by atoms with van der Waals surface area (Å²) < 4.78 is 27.9. The third-order valence-corrected chi connectivity index (χ3v) is 9.11. The second-order valence-corrected chi connectivity index (χ2v) is 11.6. The van der Waals surface area contributed by atoms with Crippen molar-refractivity contribution in [2.24, 2.45) is 0 Å². The topological polar surface area (TPSA) is 101 Å². The van der Waals surface area contributed by atoms with Crippen LogP contribution in [-0.2, 0) is 21.4 Å². The summed E-state index contributed by atoms with van der Waals surface area (Å²) in [6, 6.07) is 13.2. The Balaban J connectivity index is 1.57. The molecule has 0 aliphatic carbocycles. The van der Waals surface area contributed by atoms with Gasteiger partial charge in [0.15, 0.2) is 0 Å². The number of anilines is 1. The van der Waals surface area contributed by atoms with Gasteiger partial charge in [-0.2, -0.15) is 4.31 Å². The predicted molar refractivity (Wildman–Crippen MR) is 144 cm³/mol. The molecule has 0 bridgehead atoms. The van der Waals surface area contributed by atoms with Crippen LogP contribution < -0.4 is 10.9 Å². The maximum Gasteiger partial charge on any atom is 0.263 e. The fraction of sp³-hybridized carbons (Fsp3) is 0.240. The molecule has 2 aromatic carbocycles. The van der Waals surface area contributed by atoms with E-state index in [1.165, 1.54) is 50.8 Å². The third kappa shape index (κ3) is 5.08. The van der Waals surface area contributed by atoms with Gasteiger partial charge in [0.2, 0.25) is 15.9 Å². The molecular formula is C25H25ClN4O4S2. The molecule has 0 fully saturated rings. The van der Waals surface area contributed by atoms with Crippen LogP contribution in [0.1, 0.15) is 18.7 Å². The van der Waals surface area contributed by atoms with E-state index >= 15 is 0 Å². The molecule has 1 N–H and O–H groups in total. The Labute approximate surface area is 218 Å².